The Bertz CT molecular complexity index is 607. The molecule has 0 aliphatic carbocycles. The van der Waals surface area contributed by atoms with Crippen molar-refractivity contribution in [2.75, 3.05) is 5.32 Å². The van der Waals surface area contributed by atoms with Gasteiger partial charge in [0, 0.05) is 0 Å². The third-order valence-electron chi connectivity index (χ3n) is 2.30. The van der Waals surface area contributed by atoms with E-state index in [2.05, 4.69) is 5.32 Å². The lowest BCUT2D eigenvalue weighted by Gasteiger charge is -2.04. The predicted molar refractivity (Wildman–Crippen MR) is 73.7 cm³/mol. The van der Waals surface area contributed by atoms with Gasteiger partial charge in [-0.1, -0.05) is 23.7 Å². The lowest BCUT2D eigenvalue weighted by Crippen LogP contribution is -2.10. The van der Waals surface area contributed by atoms with E-state index in [4.69, 9.17) is 11.6 Å². The predicted octanol–water partition coefficient (Wildman–Crippen LogP) is 3.86. The van der Waals surface area contributed by atoms with Crippen molar-refractivity contribution in [1.29, 1.82) is 0 Å². The molecule has 0 saturated heterocycles. The Hall–Kier alpha value is -1.65. The topological polar surface area (TPSA) is 46.2 Å². The standard InChI is InChI=1S/C13H10ClNO2S/c1-8(16)11-6-7-12(18-11)13(17)15-10-5-3-2-4-9(10)14/h2-7H,1H3,(H,15,17). The van der Waals surface area contributed by atoms with E-state index in [1.165, 1.54) is 18.3 Å². The molecule has 1 aromatic carbocycles. The van der Waals surface area contributed by atoms with Crippen molar-refractivity contribution in [3.63, 3.8) is 0 Å². The van der Waals surface area contributed by atoms with E-state index in [0.717, 1.165) is 0 Å². The normalized spacial score (nSPS) is 10.1. The van der Waals surface area contributed by atoms with Crippen LogP contribution in [0.2, 0.25) is 5.02 Å². The molecule has 5 heteroatoms. The Morgan fingerprint density at radius 2 is 1.78 bits per heavy atom. The van der Waals surface area contributed by atoms with Crippen LogP contribution in [0.3, 0.4) is 0 Å². The Morgan fingerprint density at radius 3 is 2.39 bits per heavy atom. The van der Waals surface area contributed by atoms with Crippen LogP contribution in [0.15, 0.2) is 36.4 Å². The molecule has 18 heavy (non-hydrogen) atoms. The van der Waals surface area contributed by atoms with E-state index < -0.39 is 0 Å². The van der Waals surface area contributed by atoms with Crippen molar-refractivity contribution in [3.05, 3.63) is 51.2 Å². The SMILES string of the molecule is CC(=O)c1ccc(C(=O)Nc2ccccc2Cl)s1. The summed E-state index contributed by atoms with van der Waals surface area (Å²) in [6.07, 6.45) is 0. The third kappa shape index (κ3) is 2.78. The van der Waals surface area contributed by atoms with Gasteiger partial charge < -0.3 is 5.32 Å². The molecule has 1 amide bonds. The van der Waals surface area contributed by atoms with Crippen LogP contribution in [0.4, 0.5) is 5.69 Å². The molecular formula is C13H10ClNO2S. The van der Waals surface area contributed by atoms with Crippen molar-refractivity contribution < 1.29 is 9.59 Å². The number of benzene rings is 1. The fourth-order valence-electron chi connectivity index (χ4n) is 1.40. The highest BCUT2D eigenvalue weighted by atomic mass is 35.5. The molecular weight excluding hydrogens is 270 g/mol. The maximum absolute atomic E-state index is 11.9. The third-order valence-corrected chi connectivity index (χ3v) is 3.81. The first-order valence-corrected chi connectivity index (χ1v) is 6.44. The van der Waals surface area contributed by atoms with Gasteiger partial charge in [-0.25, -0.2) is 0 Å². The van der Waals surface area contributed by atoms with Gasteiger partial charge in [0.15, 0.2) is 5.78 Å². The lowest BCUT2D eigenvalue weighted by molar-refractivity contribution is 0.101. The second kappa shape index (κ2) is 5.33. The van der Waals surface area contributed by atoms with Crippen molar-refractivity contribution >= 4 is 40.3 Å². The van der Waals surface area contributed by atoms with Crippen LogP contribution < -0.4 is 5.32 Å². The number of hydrogen-bond acceptors (Lipinski definition) is 3. The summed E-state index contributed by atoms with van der Waals surface area (Å²) in [7, 11) is 0. The van der Waals surface area contributed by atoms with Crippen LogP contribution in [-0.4, -0.2) is 11.7 Å². The number of nitrogens with one attached hydrogen (secondary N) is 1. The summed E-state index contributed by atoms with van der Waals surface area (Å²) in [6, 6.07) is 10.3. The summed E-state index contributed by atoms with van der Waals surface area (Å²) >= 11 is 7.12. The van der Waals surface area contributed by atoms with Crippen LogP contribution >= 0.6 is 22.9 Å². The molecule has 0 radical (unpaired) electrons. The molecule has 0 aliphatic rings. The largest absolute Gasteiger partial charge is 0.320 e. The first-order chi connectivity index (χ1) is 8.58. The lowest BCUT2D eigenvalue weighted by atomic mass is 10.3. The smallest absolute Gasteiger partial charge is 0.265 e. The van der Waals surface area contributed by atoms with Crippen LogP contribution in [0.1, 0.15) is 26.3 Å². The highest BCUT2D eigenvalue weighted by Crippen LogP contribution is 2.23. The number of halogens is 1. The number of hydrogen-bond donors (Lipinski definition) is 1. The number of ketones is 1. The van der Waals surface area contributed by atoms with E-state index in [-0.39, 0.29) is 11.7 Å². The van der Waals surface area contributed by atoms with Crippen molar-refractivity contribution in [3.8, 4) is 0 Å². The highest BCUT2D eigenvalue weighted by Gasteiger charge is 2.12. The van der Waals surface area contributed by atoms with Crippen LogP contribution in [0.25, 0.3) is 0 Å². The number of anilines is 1. The second-order valence-corrected chi connectivity index (χ2v) is 5.15. The maximum atomic E-state index is 11.9. The van der Waals surface area contributed by atoms with Gasteiger partial charge in [0.1, 0.15) is 0 Å². The minimum atomic E-state index is -0.263. The molecule has 0 fully saturated rings. The first-order valence-electron chi connectivity index (χ1n) is 5.24. The van der Waals surface area contributed by atoms with E-state index in [1.54, 1.807) is 36.4 Å². The fourth-order valence-corrected chi connectivity index (χ4v) is 2.38. The van der Waals surface area contributed by atoms with Crippen LogP contribution in [0, 0.1) is 0 Å². The molecule has 2 rings (SSSR count). The molecule has 2 aromatic rings. The minimum absolute atomic E-state index is 0.0446. The Labute approximate surface area is 113 Å². The van der Waals surface area contributed by atoms with Crippen molar-refractivity contribution in [1.82, 2.24) is 0 Å². The Morgan fingerprint density at radius 1 is 1.11 bits per heavy atom. The zero-order valence-corrected chi connectivity index (χ0v) is 11.1. The zero-order chi connectivity index (χ0) is 13.1. The van der Waals surface area contributed by atoms with Gasteiger partial charge in [-0.3, -0.25) is 9.59 Å². The number of carbonyl (C=O) groups excluding carboxylic acids is 2. The van der Waals surface area contributed by atoms with Gasteiger partial charge >= 0.3 is 0 Å². The van der Waals surface area contributed by atoms with E-state index in [0.29, 0.717) is 20.5 Å². The van der Waals surface area contributed by atoms with Gasteiger partial charge in [0.2, 0.25) is 0 Å². The zero-order valence-electron chi connectivity index (χ0n) is 9.57. The number of thiophene rings is 1. The molecule has 0 bridgehead atoms. The molecule has 1 N–H and O–H groups in total. The molecule has 3 nitrogen and oxygen atoms in total. The number of amides is 1. The number of rotatable bonds is 3. The molecule has 0 saturated carbocycles. The summed E-state index contributed by atoms with van der Waals surface area (Å²) in [4.78, 5) is 24.1. The minimum Gasteiger partial charge on any atom is -0.320 e. The monoisotopic (exact) mass is 279 g/mol. The van der Waals surface area contributed by atoms with Gasteiger partial charge in [-0.2, -0.15) is 0 Å². The van der Waals surface area contributed by atoms with E-state index in [9.17, 15) is 9.59 Å². The molecule has 0 aliphatic heterocycles. The number of Topliss-reactive ketones (excluding diaryl/α,β-unsaturated/α-hetero) is 1. The summed E-state index contributed by atoms with van der Waals surface area (Å²) in [5, 5.41) is 3.19. The van der Waals surface area contributed by atoms with Crippen molar-refractivity contribution in [2.45, 2.75) is 6.92 Å². The van der Waals surface area contributed by atoms with Crippen molar-refractivity contribution in [2.24, 2.45) is 0 Å². The van der Waals surface area contributed by atoms with Crippen LogP contribution in [0.5, 0.6) is 0 Å². The Balaban J connectivity index is 2.17. The van der Waals surface area contributed by atoms with Crippen LogP contribution in [-0.2, 0) is 0 Å². The van der Waals surface area contributed by atoms with Gasteiger partial charge in [-0.05, 0) is 31.2 Å². The molecule has 92 valence electrons. The first kappa shape index (κ1) is 12.8. The second-order valence-electron chi connectivity index (χ2n) is 3.65. The molecule has 0 spiro atoms. The number of para-hydroxylation sites is 1. The molecule has 0 unspecified atom stereocenters. The quantitative estimate of drug-likeness (QED) is 0.867. The fraction of sp³-hybridized carbons (Fsp3) is 0.0769. The summed E-state index contributed by atoms with van der Waals surface area (Å²) < 4.78 is 0. The van der Waals surface area contributed by atoms with E-state index in [1.807, 2.05) is 0 Å². The Kier molecular flexibility index (Phi) is 3.79. The van der Waals surface area contributed by atoms with Gasteiger partial charge in [0.25, 0.3) is 5.91 Å². The molecule has 1 aromatic heterocycles. The summed E-state index contributed by atoms with van der Waals surface area (Å²) in [5.74, 6) is -0.308. The number of carbonyl (C=O) groups is 2. The van der Waals surface area contributed by atoms with Gasteiger partial charge in [-0.15, -0.1) is 11.3 Å². The summed E-state index contributed by atoms with van der Waals surface area (Å²) in [5.41, 5.74) is 0.557. The average molecular weight is 280 g/mol. The average Bonchev–Trinajstić information content (AvgIpc) is 2.81. The molecule has 1 heterocycles. The highest BCUT2D eigenvalue weighted by molar-refractivity contribution is 7.16. The molecule has 0 atom stereocenters. The maximum Gasteiger partial charge on any atom is 0.265 e. The summed E-state index contributed by atoms with van der Waals surface area (Å²) in [6.45, 7) is 1.47. The van der Waals surface area contributed by atoms with E-state index >= 15 is 0 Å². The van der Waals surface area contributed by atoms with Gasteiger partial charge in [0.05, 0.1) is 20.5 Å².